The summed E-state index contributed by atoms with van der Waals surface area (Å²) in [4.78, 5) is 44.1. The molecule has 4 heterocycles. The summed E-state index contributed by atoms with van der Waals surface area (Å²) in [6.07, 6.45) is 2.12. The Labute approximate surface area is 360 Å². The summed E-state index contributed by atoms with van der Waals surface area (Å²) in [5.41, 5.74) is 0.433. The highest BCUT2D eigenvalue weighted by Crippen LogP contribution is 2.49. The normalized spacial score (nSPS) is 21.9. The van der Waals surface area contributed by atoms with E-state index in [-0.39, 0.29) is 103 Å². The zero-order chi connectivity index (χ0) is 45.1. The van der Waals surface area contributed by atoms with Gasteiger partial charge in [-0.1, -0.05) is 0 Å². The van der Waals surface area contributed by atoms with Crippen LogP contribution in [0.4, 0.5) is 11.4 Å². The van der Waals surface area contributed by atoms with Crippen LogP contribution in [-0.4, -0.2) is 178 Å². The average Bonchev–Trinajstić information content (AvgIpc) is 3.87. The average molecular weight is 931 g/mol. The number of fused-ring (bicyclic) bond motifs is 4. The second-order valence-electron chi connectivity index (χ2n) is 15.7. The minimum Gasteiger partial charge on any atom is -0.493 e. The molecule has 0 spiro atoms. The second-order valence-corrected chi connectivity index (χ2v) is 22.0. The molecule has 6 rings (SSSR count). The number of anilines is 2. The number of hydrogen-bond acceptors (Lipinski definition) is 15. The van der Waals surface area contributed by atoms with E-state index in [1.54, 1.807) is 18.8 Å². The van der Waals surface area contributed by atoms with Gasteiger partial charge >= 0.3 is 0 Å². The predicted molar refractivity (Wildman–Crippen MR) is 227 cm³/mol. The van der Waals surface area contributed by atoms with Crippen molar-refractivity contribution >= 4 is 56.6 Å². The highest BCUT2D eigenvalue weighted by atomic mass is 32.2. The summed E-state index contributed by atoms with van der Waals surface area (Å²) in [5.74, 6) is -0.590. The number of aliphatic hydroxyl groups is 1. The molecule has 2 fully saturated rings. The van der Waals surface area contributed by atoms with Gasteiger partial charge in [-0.15, -0.1) is 0 Å². The van der Waals surface area contributed by atoms with Crippen molar-refractivity contribution in [3.63, 3.8) is 0 Å². The standard InChI is InChI=1S/C38H55N6O15PS2/c1-41(34(46)10-7-15-45)13-14-42(2)60(49,18-16-58-32-22-26-24(20-30(32)56-3)37(47)43-11-5-8-28(43)35(39-26)61(50,51)52)19-17-59-33-23-27-25(21-31(33)57-4)38(48)44-12-6-9-29(44)36(40-27)62(53,54)55/h20-23,28-29,35-36,39-40,45H,5-19H2,1-4H3,(H,50,51,52)(H,53,54,55)/t28-,29+,35?,36?,60?. The Morgan fingerprint density at radius 2 is 1.23 bits per heavy atom. The molecule has 0 aliphatic carbocycles. The van der Waals surface area contributed by atoms with Gasteiger partial charge in [-0.3, -0.25) is 28.2 Å². The number of rotatable bonds is 19. The lowest BCUT2D eigenvalue weighted by Crippen LogP contribution is -2.47. The Morgan fingerprint density at radius 3 is 1.63 bits per heavy atom. The van der Waals surface area contributed by atoms with E-state index >= 15 is 0 Å². The number of nitrogens with one attached hydrogen (secondary N) is 2. The Balaban J connectivity index is 1.23. The minimum atomic E-state index is -4.65. The molecule has 5 N–H and O–H groups in total. The van der Waals surface area contributed by atoms with Crippen molar-refractivity contribution in [3.8, 4) is 23.0 Å². The second kappa shape index (κ2) is 19.2. The molecule has 4 aliphatic heterocycles. The lowest BCUT2D eigenvalue weighted by atomic mass is 10.1. The van der Waals surface area contributed by atoms with Crippen molar-refractivity contribution in [1.82, 2.24) is 19.4 Å². The topological polar surface area (TPSA) is 271 Å². The Bertz CT molecular complexity index is 2160. The lowest BCUT2D eigenvalue weighted by molar-refractivity contribution is -0.130. The fourth-order valence-corrected chi connectivity index (χ4v) is 12.4. The van der Waals surface area contributed by atoms with Gasteiger partial charge in [0.2, 0.25) is 5.91 Å². The van der Waals surface area contributed by atoms with E-state index in [0.717, 1.165) is 0 Å². The van der Waals surface area contributed by atoms with Crippen LogP contribution in [-0.2, 0) is 29.6 Å². The van der Waals surface area contributed by atoms with Gasteiger partial charge < -0.3 is 54.0 Å². The number of benzene rings is 2. The molecule has 0 saturated carbocycles. The fraction of sp³-hybridized carbons (Fsp3) is 0.605. The smallest absolute Gasteiger partial charge is 0.288 e. The van der Waals surface area contributed by atoms with Crippen LogP contribution in [0, 0.1) is 0 Å². The first-order chi connectivity index (χ1) is 29.3. The summed E-state index contributed by atoms with van der Waals surface area (Å²) in [6.45, 7) is 0.495. The van der Waals surface area contributed by atoms with Crippen molar-refractivity contribution < 1.29 is 68.9 Å². The van der Waals surface area contributed by atoms with Gasteiger partial charge in [-0.05, 0) is 51.3 Å². The molecule has 2 saturated heterocycles. The summed E-state index contributed by atoms with van der Waals surface area (Å²) in [6, 6.07) is 4.04. The molecule has 344 valence electrons. The number of amides is 3. The van der Waals surface area contributed by atoms with Crippen LogP contribution in [0.25, 0.3) is 0 Å². The van der Waals surface area contributed by atoms with E-state index in [2.05, 4.69) is 10.6 Å². The van der Waals surface area contributed by atoms with Crippen molar-refractivity contribution in [2.24, 2.45) is 0 Å². The van der Waals surface area contributed by atoms with Crippen molar-refractivity contribution in [2.45, 2.75) is 61.4 Å². The van der Waals surface area contributed by atoms with Crippen LogP contribution >= 0.6 is 7.29 Å². The highest BCUT2D eigenvalue weighted by Gasteiger charge is 2.46. The first-order valence-corrected chi connectivity index (χ1v) is 25.3. The number of methoxy groups -OCH3 is 2. The van der Waals surface area contributed by atoms with Crippen LogP contribution in [0.15, 0.2) is 24.3 Å². The quantitative estimate of drug-likeness (QED) is 0.0997. The molecule has 3 unspecified atom stereocenters. The monoisotopic (exact) mass is 930 g/mol. The van der Waals surface area contributed by atoms with Crippen LogP contribution in [0.1, 0.15) is 59.2 Å². The maximum atomic E-state index is 15.0. The molecule has 62 heavy (non-hydrogen) atoms. The number of nitrogens with zero attached hydrogens (tertiary/aromatic N) is 4. The van der Waals surface area contributed by atoms with Crippen LogP contribution in [0.5, 0.6) is 23.0 Å². The van der Waals surface area contributed by atoms with Crippen LogP contribution < -0.4 is 29.6 Å². The molecule has 2 aromatic rings. The first-order valence-electron chi connectivity index (χ1n) is 20.2. The number of ether oxygens (including phenoxy) is 4. The van der Waals surface area contributed by atoms with Gasteiger partial charge in [0, 0.05) is 70.7 Å². The Kier molecular flexibility index (Phi) is 14.6. The third-order valence-electron chi connectivity index (χ3n) is 11.9. The maximum Gasteiger partial charge on any atom is 0.288 e. The fourth-order valence-electron chi connectivity index (χ4n) is 8.40. The van der Waals surface area contributed by atoms with Gasteiger partial charge in [-0.2, -0.15) is 16.8 Å². The zero-order valence-electron chi connectivity index (χ0n) is 35.0. The number of carbonyl (C=O) groups is 3. The molecule has 0 bridgehead atoms. The lowest BCUT2D eigenvalue weighted by Gasteiger charge is -2.30. The van der Waals surface area contributed by atoms with Gasteiger partial charge in [0.1, 0.15) is 0 Å². The van der Waals surface area contributed by atoms with Gasteiger partial charge in [0.15, 0.2) is 41.0 Å². The van der Waals surface area contributed by atoms with Gasteiger partial charge in [0.05, 0.1) is 62.0 Å². The Hall–Kier alpha value is -4.38. The molecule has 21 nitrogen and oxygen atoms in total. The van der Waals surface area contributed by atoms with E-state index in [0.29, 0.717) is 45.2 Å². The molecule has 5 atom stereocenters. The maximum absolute atomic E-state index is 15.0. The van der Waals surface area contributed by atoms with Gasteiger partial charge in [-0.25, -0.2) is 0 Å². The van der Waals surface area contributed by atoms with E-state index < -0.39 is 62.2 Å². The largest absolute Gasteiger partial charge is 0.493 e. The third-order valence-corrected chi connectivity index (χ3v) is 17.2. The number of carbonyl (C=O) groups excluding carboxylic acids is 3. The van der Waals surface area contributed by atoms with Crippen molar-refractivity contribution in [3.05, 3.63) is 35.4 Å². The number of hydrogen-bond donors (Lipinski definition) is 5. The van der Waals surface area contributed by atoms with Crippen LogP contribution in [0.3, 0.4) is 0 Å². The van der Waals surface area contributed by atoms with E-state index in [1.807, 2.05) is 0 Å². The molecule has 0 aromatic heterocycles. The summed E-state index contributed by atoms with van der Waals surface area (Å²) < 4.78 is 110. The SMILES string of the molecule is COc1cc2c(cc1OCCP(=O)(CCOc1cc3c(cc1OC)C(=O)N1CCC[C@H]1C(S(=O)(=O)O)N3)N(C)CCN(C)C(=O)CCCO)NC(S(=O)(=O)O)[C@H]1CCCN1C2=O. The van der Waals surface area contributed by atoms with Crippen molar-refractivity contribution in [2.75, 3.05) is 97.3 Å². The summed E-state index contributed by atoms with van der Waals surface area (Å²) >= 11 is 0. The predicted octanol–water partition coefficient (Wildman–Crippen LogP) is 2.09. The molecule has 0 radical (unpaired) electrons. The van der Waals surface area contributed by atoms with Crippen LogP contribution in [0.2, 0.25) is 0 Å². The highest BCUT2D eigenvalue weighted by molar-refractivity contribution is 7.86. The molecule has 3 amide bonds. The molecular formula is C38H55N6O15PS2. The molecule has 24 heteroatoms. The van der Waals surface area contributed by atoms with Crippen molar-refractivity contribution in [1.29, 1.82) is 0 Å². The van der Waals surface area contributed by atoms with Gasteiger partial charge in [0.25, 0.3) is 32.1 Å². The summed E-state index contributed by atoms with van der Waals surface area (Å²) in [5, 5.41) is 11.8. The molecule has 4 aliphatic rings. The minimum absolute atomic E-state index is 0.0736. The molecular weight excluding hydrogens is 876 g/mol. The first kappa shape index (κ1) is 47.1. The van der Waals surface area contributed by atoms with E-state index in [9.17, 15) is 50.0 Å². The zero-order valence-corrected chi connectivity index (χ0v) is 37.5. The van der Waals surface area contributed by atoms with E-state index in [1.165, 1.54) is 53.2 Å². The summed E-state index contributed by atoms with van der Waals surface area (Å²) in [7, 11) is -6.79. The third kappa shape index (κ3) is 10.0. The number of likely N-dealkylation sites (N-methyl/N-ethyl adjacent to an activating group) is 2. The molecule has 2 aromatic carbocycles. The van der Waals surface area contributed by atoms with E-state index in [4.69, 9.17) is 18.9 Å². The Morgan fingerprint density at radius 1 is 0.774 bits per heavy atom. The number of aliphatic hydroxyl groups excluding tert-OH is 1.